The van der Waals surface area contributed by atoms with Crippen LogP contribution in [0.3, 0.4) is 0 Å². The standard InChI is InChI=1S/C25H26N3/c1-17-10-9-13-23(21-11-7-6-8-12-21)24(17)22-15-27(5)28(16-22)25-18(2)14-19(3)26-20(25)4/h6-16H,1-5H3/q+1. The number of aryl methyl sites for hydroxylation is 5. The van der Waals surface area contributed by atoms with Crippen LogP contribution in [0.5, 0.6) is 0 Å². The number of aromatic nitrogens is 3. The third-order valence-electron chi connectivity index (χ3n) is 5.29. The lowest BCUT2D eigenvalue weighted by atomic mass is 9.92. The fraction of sp³-hybridized carbons (Fsp3) is 0.200. The Morgan fingerprint density at radius 2 is 1.57 bits per heavy atom. The van der Waals surface area contributed by atoms with Gasteiger partial charge < -0.3 is 0 Å². The molecule has 2 aromatic heterocycles. The van der Waals surface area contributed by atoms with Crippen LogP contribution in [0.4, 0.5) is 0 Å². The van der Waals surface area contributed by atoms with Gasteiger partial charge in [-0.25, -0.2) is 0 Å². The van der Waals surface area contributed by atoms with Crippen molar-refractivity contribution in [3.8, 4) is 27.9 Å². The van der Waals surface area contributed by atoms with Gasteiger partial charge in [-0.2, -0.15) is 0 Å². The SMILES string of the molecule is Cc1cc(C)c(-n2cc(-c3c(C)cccc3-c3ccccc3)c[n+]2C)c(C)n1. The summed E-state index contributed by atoms with van der Waals surface area (Å²) in [6, 6.07) is 19.3. The van der Waals surface area contributed by atoms with Gasteiger partial charge in [0.25, 0.3) is 0 Å². The van der Waals surface area contributed by atoms with E-state index in [1.165, 1.54) is 33.4 Å². The van der Waals surface area contributed by atoms with Crippen molar-refractivity contribution in [1.82, 2.24) is 9.67 Å². The number of rotatable bonds is 3. The second-order valence-electron chi connectivity index (χ2n) is 7.51. The topological polar surface area (TPSA) is 21.7 Å². The Bertz CT molecular complexity index is 1130. The van der Waals surface area contributed by atoms with Gasteiger partial charge in [0.2, 0.25) is 6.20 Å². The van der Waals surface area contributed by atoms with Gasteiger partial charge in [0.15, 0.2) is 7.05 Å². The van der Waals surface area contributed by atoms with Gasteiger partial charge in [-0.3, -0.25) is 4.98 Å². The van der Waals surface area contributed by atoms with E-state index < -0.39 is 0 Å². The van der Waals surface area contributed by atoms with Gasteiger partial charge in [-0.15, -0.1) is 9.36 Å². The van der Waals surface area contributed by atoms with Crippen LogP contribution >= 0.6 is 0 Å². The van der Waals surface area contributed by atoms with Crippen molar-refractivity contribution < 1.29 is 4.68 Å². The van der Waals surface area contributed by atoms with E-state index in [1.54, 1.807) is 0 Å². The van der Waals surface area contributed by atoms with Gasteiger partial charge in [0, 0.05) is 11.3 Å². The van der Waals surface area contributed by atoms with Crippen molar-refractivity contribution >= 4 is 0 Å². The number of benzene rings is 2. The van der Waals surface area contributed by atoms with Gasteiger partial charge in [-0.05, 0) is 56.0 Å². The highest BCUT2D eigenvalue weighted by atomic mass is 15.4. The molecule has 0 fully saturated rings. The smallest absolute Gasteiger partial charge is 0.203 e. The molecule has 0 amide bonds. The van der Waals surface area contributed by atoms with Crippen LogP contribution in [0.1, 0.15) is 22.5 Å². The van der Waals surface area contributed by atoms with Gasteiger partial charge >= 0.3 is 0 Å². The molecule has 0 N–H and O–H groups in total. The lowest BCUT2D eigenvalue weighted by Gasteiger charge is -2.11. The summed E-state index contributed by atoms with van der Waals surface area (Å²) in [5, 5.41) is 0. The maximum atomic E-state index is 4.68. The third kappa shape index (κ3) is 3.13. The fourth-order valence-corrected chi connectivity index (χ4v) is 4.14. The Balaban J connectivity index is 1.92. The molecule has 0 aliphatic heterocycles. The van der Waals surface area contributed by atoms with E-state index in [4.69, 9.17) is 0 Å². The van der Waals surface area contributed by atoms with Crippen LogP contribution in [0.2, 0.25) is 0 Å². The minimum Gasteiger partial charge on any atom is -0.256 e. The summed E-state index contributed by atoms with van der Waals surface area (Å²) in [4.78, 5) is 4.68. The molecule has 4 aromatic rings. The normalized spacial score (nSPS) is 11.0. The van der Waals surface area contributed by atoms with E-state index in [2.05, 4.69) is 109 Å². The Kier molecular flexibility index (Phi) is 4.60. The summed E-state index contributed by atoms with van der Waals surface area (Å²) in [5.74, 6) is 0. The summed E-state index contributed by atoms with van der Waals surface area (Å²) in [6.45, 7) is 8.46. The molecule has 0 spiro atoms. The predicted octanol–water partition coefficient (Wildman–Crippen LogP) is 5.26. The first-order valence-electron chi connectivity index (χ1n) is 9.64. The Morgan fingerprint density at radius 1 is 0.821 bits per heavy atom. The van der Waals surface area contributed by atoms with Crippen LogP contribution in [0.25, 0.3) is 27.9 Å². The fourth-order valence-electron chi connectivity index (χ4n) is 4.14. The third-order valence-corrected chi connectivity index (χ3v) is 5.29. The van der Waals surface area contributed by atoms with Crippen molar-refractivity contribution in [3.63, 3.8) is 0 Å². The first kappa shape index (κ1) is 18.2. The lowest BCUT2D eigenvalue weighted by Crippen LogP contribution is -2.37. The van der Waals surface area contributed by atoms with Gasteiger partial charge in [0.05, 0.1) is 17.5 Å². The molecular weight excluding hydrogens is 342 g/mol. The van der Waals surface area contributed by atoms with E-state index in [9.17, 15) is 0 Å². The minimum atomic E-state index is 1.04. The van der Waals surface area contributed by atoms with Crippen molar-refractivity contribution in [2.45, 2.75) is 27.7 Å². The van der Waals surface area contributed by atoms with Crippen LogP contribution in [0.15, 0.2) is 67.0 Å². The molecule has 0 aliphatic carbocycles. The second kappa shape index (κ2) is 7.08. The first-order valence-corrected chi connectivity index (χ1v) is 9.64. The number of pyridine rings is 1. The zero-order chi connectivity index (χ0) is 19.8. The number of nitrogens with zero attached hydrogens (tertiary/aromatic N) is 3. The summed E-state index contributed by atoms with van der Waals surface area (Å²) in [5.41, 5.74) is 10.7. The van der Waals surface area contributed by atoms with Crippen molar-refractivity contribution in [1.29, 1.82) is 0 Å². The molecule has 2 aromatic carbocycles. The summed E-state index contributed by atoms with van der Waals surface area (Å²) < 4.78 is 4.34. The molecule has 0 saturated heterocycles. The molecule has 140 valence electrons. The Morgan fingerprint density at radius 3 is 2.29 bits per heavy atom. The van der Waals surface area contributed by atoms with E-state index >= 15 is 0 Å². The van der Waals surface area contributed by atoms with E-state index in [-0.39, 0.29) is 0 Å². The Hall–Kier alpha value is -3.20. The molecule has 2 heterocycles. The van der Waals surface area contributed by atoms with E-state index in [1.807, 2.05) is 6.92 Å². The number of hydrogen-bond donors (Lipinski definition) is 0. The molecule has 3 heteroatoms. The van der Waals surface area contributed by atoms with E-state index in [0.717, 1.165) is 17.1 Å². The van der Waals surface area contributed by atoms with Gasteiger partial charge in [-0.1, -0.05) is 48.5 Å². The highest BCUT2D eigenvalue weighted by Crippen LogP contribution is 2.34. The monoisotopic (exact) mass is 368 g/mol. The molecule has 0 aliphatic rings. The molecule has 3 nitrogen and oxygen atoms in total. The maximum Gasteiger partial charge on any atom is 0.203 e. The zero-order valence-corrected chi connectivity index (χ0v) is 17.2. The molecular formula is C25H26N3+. The largest absolute Gasteiger partial charge is 0.256 e. The zero-order valence-electron chi connectivity index (χ0n) is 17.2. The molecule has 28 heavy (non-hydrogen) atoms. The second-order valence-corrected chi connectivity index (χ2v) is 7.51. The predicted molar refractivity (Wildman–Crippen MR) is 115 cm³/mol. The highest BCUT2D eigenvalue weighted by molar-refractivity contribution is 5.85. The average molecular weight is 369 g/mol. The van der Waals surface area contributed by atoms with Crippen LogP contribution in [0, 0.1) is 27.7 Å². The quantitative estimate of drug-likeness (QED) is 0.452. The number of hydrogen-bond acceptors (Lipinski definition) is 1. The molecule has 0 bridgehead atoms. The average Bonchev–Trinajstić information content (AvgIpc) is 3.02. The molecule has 0 atom stereocenters. The first-order chi connectivity index (χ1) is 13.5. The van der Waals surface area contributed by atoms with Crippen molar-refractivity contribution in [2.75, 3.05) is 0 Å². The molecule has 4 rings (SSSR count). The van der Waals surface area contributed by atoms with Crippen molar-refractivity contribution in [3.05, 3.63) is 89.5 Å². The van der Waals surface area contributed by atoms with Crippen LogP contribution in [-0.2, 0) is 7.05 Å². The van der Waals surface area contributed by atoms with Crippen molar-refractivity contribution in [2.24, 2.45) is 7.05 Å². The summed E-state index contributed by atoms with van der Waals surface area (Å²) in [7, 11) is 2.09. The molecule has 0 unspecified atom stereocenters. The summed E-state index contributed by atoms with van der Waals surface area (Å²) in [6.07, 6.45) is 4.43. The van der Waals surface area contributed by atoms with E-state index in [0.29, 0.717) is 0 Å². The van der Waals surface area contributed by atoms with Gasteiger partial charge in [0.1, 0.15) is 5.69 Å². The summed E-state index contributed by atoms with van der Waals surface area (Å²) >= 11 is 0. The maximum absolute atomic E-state index is 4.68. The van der Waals surface area contributed by atoms with Crippen LogP contribution in [-0.4, -0.2) is 9.67 Å². The minimum absolute atomic E-state index is 1.04. The molecule has 0 radical (unpaired) electrons. The lowest BCUT2D eigenvalue weighted by molar-refractivity contribution is -0.744. The highest BCUT2D eigenvalue weighted by Gasteiger charge is 2.20. The van der Waals surface area contributed by atoms with Crippen LogP contribution < -0.4 is 4.68 Å². The Labute approximate surface area is 166 Å². The molecule has 0 saturated carbocycles.